The number of hydrogen-bond acceptors (Lipinski definition) is 1. The van der Waals surface area contributed by atoms with Crippen LogP contribution in [0.1, 0.15) is 20.3 Å². The number of aryl methyl sites for hydroxylation is 1. The molecule has 2 aromatic carbocycles. The Balaban J connectivity index is 0.00000150. The lowest BCUT2D eigenvalue weighted by molar-refractivity contribution is -0.683. The smallest absolute Gasteiger partial charge is 0.368 e. The maximum atomic E-state index is 5.32. The normalized spacial score (nSPS) is 10.9. The van der Waals surface area contributed by atoms with Gasteiger partial charge in [-0.2, -0.15) is 4.40 Å². The molecule has 2 heterocycles. The second-order valence-corrected chi connectivity index (χ2v) is 7.35. The molecule has 7 heteroatoms. The van der Waals surface area contributed by atoms with Crippen molar-refractivity contribution in [3.8, 4) is 17.0 Å². The molecule has 0 unspecified atom stereocenters. The molecule has 0 saturated heterocycles. The van der Waals surface area contributed by atoms with Crippen LogP contribution < -0.4 is 39.3 Å². The van der Waals surface area contributed by atoms with Crippen LogP contribution >= 0.6 is 0 Å². The van der Waals surface area contributed by atoms with E-state index in [2.05, 4.69) is 75.7 Å². The summed E-state index contributed by atoms with van der Waals surface area (Å²) in [6, 6.07) is 17.4. The van der Waals surface area contributed by atoms with Gasteiger partial charge in [-0.25, -0.2) is 9.55 Å². The summed E-state index contributed by atoms with van der Waals surface area (Å²) >= 11 is 0. The third-order valence-electron chi connectivity index (χ3n) is 5.05. The van der Waals surface area contributed by atoms with Crippen LogP contribution in [0.15, 0.2) is 54.7 Å². The Kier molecular flexibility index (Phi) is 7.96. The van der Waals surface area contributed by atoms with E-state index in [0.29, 0.717) is 6.04 Å². The van der Waals surface area contributed by atoms with Crippen molar-refractivity contribution in [2.45, 2.75) is 32.9 Å². The number of para-hydroxylation sites is 2. The second kappa shape index (κ2) is 10.0. The first-order valence-corrected chi connectivity index (χ1v) is 9.66. The number of hydrogen-bond donors (Lipinski definition) is 2. The van der Waals surface area contributed by atoms with Crippen LogP contribution in [0.3, 0.4) is 0 Å². The van der Waals surface area contributed by atoms with Gasteiger partial charge in [0.05, 0.1) is 26.2 Å². The quantitative estimate of drug-likeness (QED) is 0.233. The number of imidazole rings is 2. The van der Waals surface area contributed by atoms with Crippen LogP contribution in [0.4, 0.5) is 0 Å². The van der Waals surface area contributed by atoms with E-state index in [-0.39, 0.29) is 24.8 Å². The number of methoxy groups -OCH3 is 1. The number of rotatable bonds is 7. The molecule has 0 aliphatic carbocycles. The fourth-order valence-corrected chi connectivity index (χ4v) is 3.64. The van der Waals surface area contributed by atoms with Gasteiger partial charge in [-0.3, -0.25) is 0 Å². The minimum absolute atomic E-state index is 0. The highest BCUT2D eigenvalue weighted by atomic mass is 35.5. The van der Waals surface area contributed by atoms with Gasteiger partial charge in [0, 0.05) is 12.0 Å². The van der Waals surface area contributed by atoms with Gasteiger partial charge in [0.15, 0.2) is 0 Å². The van der Waals surface area contributed by atoms with Gasteiger partial charge in [-0.05, 0) is 50.2 Å². The minimum atomic E-state index is 0. The topological polar surface area (TPSA) is 50.7 Å². The van der Waals surface area contributed by atoms with E-state index in [0.717, 1.165) is 36.6 Å². The highest BCUT2D eigenvalue weighted by Gasteiger charge is 2.22. The molecule has 0 aliphatic rings. The molecule has 0 bridgehead atoms. The maximum Gasteiger partial charge on any atom is 0.368 e. The number of fused-ring (bicyclic) bond motifs is 3. The first-order chi connectivity index (χ1) is 13.2. The third-order valence-corrected chi connectivity index (χ3v) is 5.05. The van der Waals surface area contributed by atoms with E-state index in [9.17, 15) is 0 Å². The van der Waals surface area contributed by atoms with Crippen molar-refractivity contribution in [2.75, 3.05) is 13.7 Å². The Hall–Kier alpha value is -2.21. The summed E-state index contributed by atoms with van der Waals surface area (Å²) in [7, 11) is 1.70. The van der Waals surface area contributed by atoms with Crippen LogP contribution in [0.25, 0.3) is 28.1 Å². The Bertz CT molecular complexity index is 1050. The summed E-state index contributed by atoms with van der Waals surface area (Å²) in [4.78, 5) is 3.60. The molecular formula is C22H28Cl2N4O. The lowest BCUT2D eigenvalue weighted by Gasteiger charge is -2.06. The van der Waals surface area contributed by atoms with Crippen molar-refractivity contribution < 1.29 is 39.3 Å². The molecule has 0 aliphatic heterocycles. The number of aromatic amines is 1. The molecule has 156 valence electrons. The number of ether oxygens (including phenoxy) is 1. The number of quaternary nitrogens is 1. The number of H-pyrrole nitrogens is 1. The fourth-order valence-electron chi connectivity index (χ4n) is 3.64. The average molecular weight is 435 g/mol. The van der Waals surface area contributed by atoms with E-state index in [1.807, 2.05) is 12.1 Å². The van der Waals surface area contributed by atoms with Gasteiger partial charge >= 0.3 is 5.78 Å². The number of halogens is 2. The maximum absolute atomic E-state index is 5.32. The van der Waals surface area contributed by atoms with Gasteiger partial charge in [0.1, 0.15) is 28.7 Å². The van der Waals surface area contributed by atoms with Crippen molar-refractivity contribution in [3.05, 3.63) is 54.7 Å². The van der Waals surface area contributed by atoms with Crippen molar-refractivity contribution in [1.29, 1.82) is 0 Å². The van der Waals surface area contributed by atoms with Gasteiger partial charge in [-0.15, -0.1) is 0 Å². The minimum Gasteiger partial charge on any atom is -1.00 e. The molecule has 29 heavy (non-hydrogen) atoms. The molecule has 0 amide bonds. The monoisotopic (exact) mass is 434 g/mol. The molecule has 0 spiro atoms. The van der Waals surface area contributed by atoms with Crippen LogP contribution in [0.2, 0.25) is 0 Å². The number of nitrogens with zero attached hydrogens (tertiary/aromatic N) is 2. The van der Waals surface area contributed by atoms with Crippen molar-refractivity contribution in [3.63, 3.8) is 0 Å². The van der Waals surface area contributed by atoms with Gasteiger partial charge in [0.25, 0.3) is 0 Å². The van der Waals surface area contributed by atoms with E-state index in [1.165, 1.54) is 16.8 Å². The summed E-state index contributed by atoms with van der Waals surface area (Å²) in [5.74, 6) is 2.01. The van der Waals surface area contributed by atoms with E-state index < -0.39 is 0 Å². The third kappa shape index (κ3) is 4.69. The Morgan fingerprint density at radius 1 is 1.07 bits per heavy atom. The number of benzene rings is 2. The first-order valence-electron chi connectivity index (χ1n) is 9.66. The molecule has 0 fully saturated rings. The highest BCUT2D eigenvalue weighted by Crippen LogP contribution is 2.25. The van der Waals surface area contributed by atoms with Crippen LogP contribution in [0.5, 0.6) is 5.75 Å². The zero-order valence-electron chi connectivity index (χ0n) is 17.0. The van der Waals surface area contributed by atoms with Crippen molar-refractivity contribution >= 4 is 16.8 Å². The SMILES string of the molecule is COc1ccc(-c2c[n+]3c4ccccc4[nH]c3n2CCC[NH2+]C(C)C)cc1.[Cl-].[Cl-]. The van der Waals surface area contributed by atoms with Crippen molar-refractivity contribution in [1.82, 2.24) is 9.55 Å². The first kappa shape index (κ1) is 23.1. The summed E-state index contributed by atoms with van der Waals surface area (Å²) in [5.41, 5.74) is 4.79. The molecular weight excluding hydrogens is 407 g/mol. The number of nitrogens with one attached hydrogen (secondary N) is 1. The summed E-state index contributed by atoms with van der Waals surface area (Å²) in [5, 5.41) is 2.39. The molecule has 0 radical (unpaired) electrons. The molecule has 3 N–H and O–H groups in total. The Morgan fingerprint density at radius 3 is 2.48 bits per heavy atom. The molecule has 0 atom stereocenters. The number of nitrogens with two attached hydrogens (primary N) is 1. The van der Waals surface area contributed by atoms with Gasteiger partial charge < -0.3 is 34.9 Å². The molecule has 4 rings (SSSR count). The Labute approximate surface area is 183 Å². The Morgan fingerprint density at radius 2 is 1.79 bits per heavy atom. The van der Waals surface area contributed by atoms with E-state index in [4.69, 9.17) is 4.74 Å². The van der Waals surface area contributed by atoms with E-state index in [1.54, 1.807) is 7.11 Å². The van der Waals surface area contributed by atoms with Gasteiger partial charge in [0.2, 0.25) is 0 Å². The predicted molar refractivity (Wildman–Crippen MR) is 108 cm³/mol. The second-order valence-electron chi connectivity index (χ2n) is 7.35. The van der Waals surface area contributed by atoms with Gasteiger partial charge in [-0.1, -0.05) is 12.1 Å². The average Bonchev–Trinajstić information content (AvgIpc) is 3.21. The fraction of sp³-hybridized carbons (Fsp3) is 0.318. The molecule has 5 nitrogen and oxygen atoms in total. The van der Waals surface area contributed by atoms with E-state index >= 15 is 0 Å². The summed E-state index contributed by atoms with van der Waals surface area (Å²) in [6.07, 6.45) is 3.36. The van der Waals surface area contributed by atoms with Crippen LogP contribution in [-0.2, 0) is 6.54 Å². The van der Waals surface area contributed by atoms with Crippen molar-refractivity contribution in [2.24, 2.45) is 0 Å². The lowest BCUT2D eigenvalue weighted by Crippen LogP contribution is -3.00. The number of aromatic nitrogens is 3. The highest BCUT2D eigenvalue weighted by molar-refractivity contribution is 5.74. The van der Waals surface area contributed by atoms with Crippen LogP contribution in [-0.4, -0.2) is 29.2 Å². The summed E-state index contributed by atoms with van der Waals surface area (Å²) in [6.45, 7) is 6.59. The zero-order chi connectivity index (χ0) is 18.8. The molecule has 2 aromatic heterocycles. The molecule has 4 aromatic rings. The predicted octanol–water partition coefficient (Wildman–Crippen LogP) is -3.25. The van der Waals surface area contributed by atoms with Crippen LogP contribution in [0, 0.1) is 0 Å². The lowest BCUT2D eigenvalue weighted by atomic mass is 10.1. The molecule has 0 saturated carbocycles. The zero-order valence-corrected chi connectivity index (χ0v) is 18.5. The summed E-state index contributed by atoms with van der Waals surface area (Å²) < 4.78 is 9.98. The standard InChI is InChI=1S/C22H26N4O.2ClH/c1-16(2)23-13-6-14-25-21(17-9-11-18(27-3)12-10-17)15-26-20-8-5-4-7-19(20)24-22(25)26;;/h4-5,7-12,15-16,23H,6,13-14H2,1-3H3;2*1H. The largest absolute Gasteiger partial charge is 1.00 e.